The van der Waals surface area contributed by atoms with Gasteiger partial charge in [0.1, 0.15) is 17.4 Å². The van der Waals surface area contributed by atoms with Crippen LogP contribution >= 0.6 is 0 Å². The van der Waals surface area contributed by atoms with Crippen LogP contribution in [0, 0.1) is 11.6 Å². The van der Waals surface area contributed by atoms with Crippen LogP contribution in [0.1, 0.15) is 18.5 Å². The molecule has 0 aliphatic rings. The molecule has 0 amide bonds. The zero-order valence-electron chi connectivity index (χ0n) is 9.82. The number of para-hydroxylation sites is 1. The maximum atomic E-state index is 13.4. The fraction of sp³-hybridized carbons (Fsp3) is 0.143. The second-order valence-electron chi connectivity index (χ2n) is 4.05. The van der Waals surface area contributed by atoms with E-state index in [0.29, 0.717) is 11.3 Å². The lowest BCUT2D eigenvalue weighted by atomic mass is 10.1. The molecule has 0 aliphatic carbocycles. The van der Waals surface area contributed by atoms with Crippen molar-refractivity contribution in [2.24, 2.45) is 0 Å². The van der Waals surface area contributed by atoms with E-state index < -0.39 is 5.82 Å². The third kappa shape index (κ3) is 2.59. The predicted molar refractivity (Wildman–Crippen MR) is 66.5 cm³/mol. The summed E-state index contributed by atoms with van der Waals surface area (Å²) < 4.78 is 26.3. The number of hydrogen-bond acceptors (Lipinski definition) is 2. The Bertz CT molecular complexity index is 557. The summed E-state index contributed by atoms with van der Waals surface area (Å²) in [7, 11) is 0. The van der Waals surface area contributed by atoms with Crippen molar-refractivity contribution in [1.82, 2.24) is 0 Å². The molecule has 2 rings (SSSR count). The highest BCUT2D eigenvalue weighted by molar-refractivity contribution is 5.48. The molecule has 2 nitrogen and oxygen atoms in total. The summed E-state index contributed by atoms with van der Waals surface area (Å²) >= 11 is 0. The maximum absolute atomic E-state index is 13.4. The van der Waals surface area contributed by atoms with Crippen LogP contribution < -0.4 is 5.32 Å². The number of phenolic OH excluding ortho intramolecular Hbond substituents is 1. The van der Waals surface area contributed by atoms with E-state index in [1.54, 1.807) is 25.1 Å². The predicted octanol–water partition coefficient (Wildman–Crippen LogP) is 3.84. The number of halogens is 2. The molecule has 0 saturated carbocycles. The number of phenols is 1. The van der Waals surface area contributed by atoms with Gasteiger partial charge in [-0.3, -0.25) is 0 Å². The van der Waals surface area contributed by atoms with Gasteiger partial charge in [-0.15, -0.1) is 0 Å². The SMILES string of the molecule is CC(Nc1ccccc1F)c1ccc(F)cc1O. The summed E-state index contributed by atoms with van der Waals surface area (Å²) in [5.41, 5.74) is 0.855. The summed E-state index contributed by atoms with van der Waals surface area (Å²) in [6, 6.07) is 9.70. The van der Waals surface area contributed by atoms with Crippen LogP contribution in [0.25, 0.3) is 0 Å². The molecule has 2 aromatic carbocycles. The third-order valence-corrected chi connectivity index (χ3v) is 2.70. The van der Waals surface area contributed by atoms with Crippen LogP contribution in [0.2, 0.25) is 0 Å². The Kier molecular flexibility index (Phi) is 3.46. The highest BCUT2D eigenvalue weighted by Gasteiger charge is 2.12. The number of nitrogens with one attached hydrogen (secondary N) is 1. The topological polar surface area (TPSA) is 32.3 Å². The third-order valence-electron chi connectivity index (χ3n) is 2.70. The van der Waals surface area contributed by atoms with E-state index in [2.05, 4.69) is 5.32 Å². The Hall–Kier alpha value is -2.10. The van der Waals surface area contributed by atoms with E-state index in [4.69, 9.17) is 0 Å². The largest absolute Gasteiger partial charge is 0.507 e. The first-order valence-electron chi connectivity index (χ1n) is 5.57. The van der Waals surface area contributed by atoms with E-state index in [1.807, 2.05) is 0 Å². The number of benzene rings is 2. The lowest BCUT2D eigenvalue weighted by molar-refractivity contribution is 0.459. The maximum Gasteiger partial charge on any atom is 0.146 e. The van der Waals surface area contributed by atoms with Crippen molar-refractivity contribution in [2.75, 3.05) is 5.32 Å². The fourth-order valence-corrected chi connectivity index (χ4v) is 1.77. The number of hydrogen-bond donors (Lipinski definition) is 2. The normalized spacial score (nSPS) is 12.2. The van der Waals surface area contributed by atoms with Crippen LogP contribution in [0.3, 0.4) is 0 Å². The number of anilines is 1. The Labute approximate surface area is 104 Å². The Morgan fingerprint density at radius 3 is 2.50 bits per heavy atom. The standard InChI is InChI=1S/C14H13F2NO/c1-9(11-7-6-10(15)8-14(11)18)17-13-5-3-2-4-12(13)16/h2-9,17-18H,1H3. The van der Waals surface area contributed by atoms with Gasteiger partial charge in [0, 0.05) is 11.6 Å². The lowest BCUT2D eigenvalue weighted by Crippen LogP contribution is -2.08. The molecule has 2 aromatic rings. The van der Waals surface area contributed by atoms with Crippen molar-refractivity contribution in [3.63, 3.8) is 0 Å². The monoisotopic (exact) mass is 249 g/mol. The molecule has 0 radical (unpaired) electrons. The van der Waals surface area contributed by atoms with Crippen molar-refractivity contribution < 1.29 is 13.9 Å². The molecule has 0 fully saturated rings. The molecule has 0 heterocycles. The van der Waals surface area contributed by atoms with Crippen molar-refractivity contribution >= 4 is 5.69 Å². The van der Waals surface area contributed by atoms with Gasteiger partial charge in [0.05, 0.1) is 11.7 Å². The van der Waals surface area contributed by atoms with Gasteiger partial charge in [-0.25, -0.2) is 8.78 Å². The van der Waals surface area contributed by atoms with E-state index in [9.17, 15) is 13.9 Å². The van der Waals surface area contributed by atoms with E-state index >= 15 is 0 Å². The Morgan fingerprint density at radius 1 is 1.11 bits per heavy atom. The smallest absolute Gasteiger partial charge is 0.146 e. The van der Waals surface area contributed by atoms with Crippen molar-refractivity contribution in [3.05, 3.63) is 59.7 Å². The zero-order chi connectivity index (χ0) is 13.1. The van der Waals surface area contributed by atoms with Crippen molar-refractivity contribution in [2.45, 2.75) is 13.0 Å². The van der Waals surface area contributed by atoms with Crippen molar-refractivity contribution in [3.8, 4) is 5.75 Å². The minimum atomic E-state index is -0.505. The van der Waals surface area contributed by atoms with Gasteiger partial charge in [0.15, 0.2) is 0 Å². The van der Waals surface area contributed by atoms with Crippen LogP contribution in [-0.4, -0.2) is 5.11 Å². The molecule has 1 unspecified atom stereocenters. The van der Waals surface area contributed by atoms with Gasteiger partial charge < -0.3 is 10.4 Å². The quantitative estimate of drug-likeness (QED) is 0.866. The highest BCUT2D eigenvalue weighted by atomic mass is 19.1. The zero-order valence-corrected chi connectivity index (χ0v) is 9.82. The Morgan fingerprint density at radius 2 is 1.83 bits per heavy atom. The van der Waals surface area contributed by atoms with Gasteiger partial charge in [-0.1, -0.05) is 18.2 Å². The van der Waals surface area contributed by atoms with Crippen LogP contribution in [0.15, 0.2) is 42.5 Å². The fourth-order valence-electron chi connectivity index (χ4n) is 1.77. The van der Waals surface area contributed by atoms with Crippen molar-refractivity contribution in [1.29, 1.82) is 0 Å². The summed E-state index contributed by atoms with van der Waals surface area (Å²) in [5.74, 6) is -1.02. The highest BCUT2D eigenvalue weighted by Crippen LogP contribution is 2.28. The minimum absolute atomic E-state index is 0.147. The molecule has 4 heteroatoms. The molecule has 0 aromatic heterocycles. The summed E-state index contributed by atoms with van der Waals surface area (Å²) in [6.45, 7) is 1.76. The molecule has 1 atom stereocenters. The summed E-state index contributed by atoms with van der Waals surface area (Å²) in [4.78, 5) is 0. The van der Waals surface area contributed by atoms with Gasteiger partial charge in [0.2, 0.25) is 0 Å². The molecular formula is C14H13F2NO. The van der Waals surface area contributed by atoms with E-state index in [-0.39, 0.29) is 17.6 Å². The van der Waals surface area contributed by atoms with Crippen LogP contribution in [-0.2, 0) is 0 Å². The molecule has 2 N–H and O–H groups in total. The molecule has 18 heavy (non-hydrogen) atoms. The average Bonchev–Trinajstić information content (AvgIpc) is 2.32. The van der Waals surface area contributed by atoms with Gasteiger partial charge in [-0.2, -0.15) is 0 Å². The second-order valence-corrected chi connectivity index (χ2v) is 4.05. The molecule has 0 bridgehead atoms. The summed E-state index contributed by atoms with van der Waals surface area (Å²) in [6.07, 6.45) is 0. The lowest BCUT2D eigenvalue weighted by Gasteiger charge is -2.17. The van der Waals surface area contributed by atoms with Gasteiger partial charge >= 0.3 is 0 Å². The van der Waals surface area contributed by atoms with E-state index in [0.717, 1.165) is 6.07 Å². The first-order chi connectivity index (χ1) is 8.58. The molecule has 0 spiro atoms. The molecular weight excluding hydrogens is 236 g/mol. The second kappa shape index (κ2) is 5.04. The minimum Gasteiger partial charge on any atom is -0.507 e. The number of aromatic hydroxyl groups is 1. The molecule has 0 aliphatic heterocycles. The Balaban J connectivity index is 2.22. The first-order valence-corrected chi connectivity index (χ1v) is 5.57. The summed E-state index contributed by atoms with van der Waals surface area (Å²) in [5, 5.41) is 12.6. The number of rotatable bonds is 3. The molecule has 0 saturated heterocycles. The van der Waals surface area contributed by atoms with E-state index in [1.165, 1.54) is 18.2 Å². The van der Waals surface area contributed by atoms with Crippen LogP contribution in [0.4, 0.5) is 14.5 Å². The first kappa shape index (κ1) is 12.4. The average molecular weight is 249 g/mol. The van der Waals surface area contributed by atoms with Gasteiger partial charge in [0.25, 0.3) is 0 Å². The van der Waals surface area contributed by atoms with Crippen LogP contribution in [0.5, 0.6) is 5.75 Å². The van der Waals surface area contributed by atoms with Gasteiger partial charge in [-0.05, 0) is 25.1 Å². The molecule has 94 valence electrons.